The van der Waals surface area contributed by atoms with Crippen molar-refractivity contribution in [3.63, 3.8) is 0 Å². The molecule has 0 bridgehead atoms. The van der Waals surface area contributed by atoms with Crippen LogP contribution in [0.3, 0.4) is 0 Å². The second-order valence-electron chi connectivity index (χ2n) is 7.86. The molecule has 0 radical (unpaired) electrons. The lowest BCUT2D eigenvalue weighted by Crippen LogP contribution is -2.49. The van der Waals surface area contributed by atoms with Gasteiger partial charge >= 0.3 is 0 Å². The number of nitrogens with zero attached hydrogens (tertiary/aromatic N) is 7. The van der Waals surface area contributed by atoms with Crippen LogP contribution in [0, 0.1) is 13.8 Å². The molecule has 9 nitrogen and oxygen atoms in total. The van der Waals surface area contributed by atoms with E-state index in [2.05, 4.69) is 30.2 Å². The van der Waals surface area contributed by atoms with Crippen LogP contribution in [0.25, 0.3) is 5.65 Å². The summed E-state index contributed by atoms with van der Waals surface area (Å²) < 4.78 is 1.87. The number of carbonyl (C=O) groups is 1. The molecule has 4 aromatic rings. The summed E-state index contributed by atoms with van der Waals surface area (Å²) in [5.41, 5.74) is 3.29. The lowest BCUT2D eigenvalue weighted by molar-refractivity contribution is 0.0738. The van der Waals surface area contributed by atoms with Crippen LogP contribution in [0.4, 0.5) is 17.5 Å². The number of aromatic nitrogens is 5. The number of aryl methyl sites for hydroxylation is 2. The van der Waals surface area contributed by atoms with Crippen molar-refractivity contribution in [3.8, 4) is 0 Å². The van der Waals surface area contributed by atoms with Crippen LogP contribution < -0.4 is 10.2 Å². The van der Waals surface area contributed by atoms with Gasteiger partial charge in [-0.05, 0) is 43.7 Å². The number of anilines is 3. The van der Waals surface area contributed by atoms with Gasteiger partial charge in [0, 0.05) is 44.6 Å². The molecule has 0 aliphatic carbocycles. The average molecular weight is 429 g/mol. The maximum Gasteiger partial charge on any atom is 0.272 e. The highest BCUT2D eigenvalue weighted by Crippen LogP contribution is 2.21. The van der Waals surface area contributed by atoms with Gasteiger partial charge in [0.15, 0.2) is 0 Å². The molecule has 1 N–H and O–H groups in total. The zero-order valence-electron chi connectivity index (χ0n) is 18.1. The van der Waals surface area contributed by atoms with Gasteiger partial charge < -0.3 is 15.1 Å². The van der Waals surface area contributed by atoms with Gasteiger partial charge in [-0.25, -0.2) is 19.9 Å². The van der Waals surface area contributed by atoms with Gasteiger partial charge in [-0.1, -0.05) is 6.07 Å². The number of fused-ring (bicyclic) bond motifs is 1. The molecule has 5 rings (SSSR count). The first-order chi connectivity index (χ1) is 15.6. The molecule has 4 aromatic heterocycles. The van der Waals surface area contributed by atoms with E-state index in [0.717, 1.165) is 28.5 Å². The van der Waals surface area contributed by atoms with Gasteiger partial charge in [0.25, 0.3) is 5.91 Å². The van der Waals surface area contributed by atoms with Crippen LogP contribution in [-0.2, 0) is 0 Å². The largest absolute Gasteiger partial charge is 0.353 e. The standard InChI is InChI=1S/C23H24N8O/c1-16-6-7-24-18(13-16)28-19-14-21(26-15-25-19)29-9-11-30(12-10-29)23(32)22-17(2)27-20-5-3-4-8-31(20)22/h3-8,13-15H,9-12H2,1-2H3,(H,24,25,26,28). The number of hydrogen-bond donors (Lipinski definition) is 1. The van der Waals surface area contributed by atoms with Crippen molar-refractivity contribution in [2.24, 2.45) is 0 Å². The molecule has 32 heavy (non-hydrogen) atoms. The fourth-order valence-electron chi connectivity index (χ4n) is 3.98. The number of carbonyl (C=O) groups excluding carboxylic acids is 1. The van der Waals surface area contributed by atoms with Crippen LogP contribution in [0.2, 0.25) is 0 Å². The Morgan fingerprint density at radius 3 is 2.59 bits per heavy atom. The molecule has 1 aliphatic rings. The Hall–Kier alpha value is -4.01. The summed E-state index contributed by atoms with van der Waals surface area (Å²) in [5.74, 6) is 2.27. The third-order valence-corrected chi connectivity index (χ3v) is 5.62. The normalized spacial score (nSPS) is 14.1. The minimum atomic E-state index is 0.0106. The van der Waals surface area contributed by atoms with Gasteiger partial charge in [-0.15, -0.1) is 0 Å². The number of pyridine rings is 2. The van der Waals surface area contributed by atoms with E-state index in [4.69, 9.17) is 0 Å². The fraction of sp³-hybridized carbons (Fsp3) is 0.261. The molecule has 1 amide bonds. The number of amides is 1. The van der Waals surface area contributed by atoms with Gasteiger partial charge in [-0.2, -0.15) is 0 Å². The SMILES string of the molecule is Cc1ccnc(Nc2cc(N3CCN(C(=O)c4c(C)nc5ccccn45)CC3)ncn2)c1. The first-order valence-electron chi connectivity index (χ1n) is 10.6. The number of piperazine rings is 1. The predicted molar refractivity (Wildman–Crippen MR) is 122 cm³/mol. The van der Waals surface area contributed by atoms with Crippen LogP contribution in [-0.4, -0.2) is 61.3 Å². The minimum Gasteiger partial charge on any atom is -0.353 e. The lowest BCUT2D eigenvalue weighted by atomic mass is 10.2. The third-order valence-electron chi connectivity index (χ3n) is 5.62. The minimum absolute atomic E-state index is 0.0106. The van der Waals surface area contributed by atoms with Crippen molar-refractivity contribution in [2.45, 2.75) is 13.8 Å². The number of hydrogen-bond acceptors (Lipinski definition) is 7. The molecule has 1 saturated heterocycles. The molecule has 1 fully saturated rings. The maximum absolute atomic E-state index is 13.2. The van der Waals surface area contributed by atoms with E-state index >= 15 is 0 Å². The Kier molecular flexibility index (Phi) is 5.14. The summed E-state index contributed by atoms with van der Waals surface area (Å²) >= 11 is 0. The Bertz CT molecular complexity index is 1280. The highest BCUT2D eigenvalue weighted by molar-refractivity contribution is 5.94. The van der Waals surface area contributed by atoms with Crippen molar-refractivity contribution in [1.82, 2.24) is 29.2 Å². The van der Waals surface area contributed by atoms with E-state index in [-0.39, 0.29) is 5.91 Å². The molecule has 0 spiro atoms. The highest BCUT2D eigenvalue weighted by atomic mass is 16.2. The highest BCUT2D eigenvalue weighted by Gasteiger charge is 2.26. The fourth-order valence-corrected chi connectivity index (χ4v) is 3.98. The summed E-state index contributed by atoms with van der Waals surface area (Å²) in [6.07, 6.45) is 5.20. The molecule has 5 heterocycles. The smallest absolute Gasteiger partial charge is 0.272 e. The Balaban J connectivity index is 1.27. The monoisotopic (exact) mass is 428 g/mol. The van der Waals surface area contributed by atoms with E-state index in [0.29, 0.717) is 37.7 Å². The molecule has 0 unspecified atom stereocenters. The maximum atomic E-state index is 13.2. The Morgan fingerprint density at radius 2 is 1.78 bits per heavy atom. The number of nitrogens with one attached hydrogen (secondary N) is 1. The van der Waals surface area contributed by atoms with E-state index in [1.165, 1.54) is 0 Å². The molecule has 9 heteroatoms. The zero-order valence-corrected chi connectivity index (χ0v) is 18.1. The molecule has 0 saturated carbocycles. The lowest BCUT2D eigenvalue weighted by Gasteiger charge is -2.35. The van der Waals surface area contributed by atoms with Crippen molar-refractivity contribution in [3.05, 3.63) is 72.1 Å². The third kappa shape index (κ3) is 3.84. The molecular formula is C23H24N8O. The van der Waals surface area contributed by atoms with Crippen molar-refractivity contribution in [2.75, 3.05) is 36.4 Å². The molecule has 162 valence electrons. The van der Waals surface area contributed by atoms with Crippen molar-refractivity contribution >= 4 is 29.0 Å². The first-order valence-corrected chi connectivity index (χ1v) is 10.6. The second-order valence-corrected chi connectivity index (χ2v) is 7.86. The van der Waals surface area contributed by atoms with Crippen LogP contribution in [0.15, 0.2) is 55.1 Å². The predicted octanol–water partition coefficient (Wildman–Crippen LogP) is 2.84. The van der Waals surface area contributed by atoms with E-state index < -0.39 is 0 Å². The van der Waals surface area contributed by atoms with Gasteiger partial charge in [0.2, 0.25) is 0 Å². The molecule has 1 aliphatic heterocycles. The van der Waals surface area contributed by atoms with E-state index in [1.54, 1.807) is 12.5 Å². The molecule has 0 atom stereocenters. The molecule has 0 aromatic carbocycles. The number of rotatable bonds is 4. The second kappa shape index (κ2) is 8.26. The van der Waals surface area contributed by atoms with Gasteiger partial charge in [0.05, 0.1) is 5.69 Å². The van der Waals surface area contributed by atoms with Gasteiger partial charge in [-0.3, -0.25) is 9.20 Å². The van der Waals surface area contributed by atoms with Crippen LogP contribution in [0.1, 0.15) is 21.7 Å². The van der Waals surface area contributed by atoms with E-state index in [9.17, 15) is 4.79 Å². The number of imidazole rings is 1. The molecular weight excluding hydrogens is 404 g/mol. The van der Waals surface area contributed by atoms with E-state index in [1.807, 2.05) is 65.7 Å². The topological polar surface area (TPSA) is 91.6 Å². The quantitative estimate of drug-likeness (QED) is 0.534. The first kappa shape index (κ1) is 19.9. The van der Waals surface area contributed by atoms with Crippen LogP contribution in [0.5, 0.6) is 0 Å². The Morgan fingerprint density at radius 1 is 0.969 bits per heavy atom. The summed E-state index contributed by atoms with van der Waals surface area (Å²) in [7, 11) is 0. The van der Waals surface area contributed by atoms with Crippen molar-refractivity contribution < 1.29 is 4.79 Å². The van der Waals surface area contributed by atoms with Gasteiger partial charge in [0.1, 0.15) is 35.1 Å². The summed E-state index contributed by atoms with van der Waals surface area (Å²) in [4.78, 5) is 34.9. The average Bonchev–Trinajstić information content (AvgIpc) is 3.14. The van der Waals surface area contributed by atoms with Crippen LogP contribution >= 0.6 is 0 Å². The summed E-state index contributed by atoms with van der Waals surface area (Å²) in [6, 6.07) is 11.6. The van der Waals surface area contributed by atoms with Crippen molar-refractivity contribution in [1.29, 1.82) is 0 Å². The summed E-state index contributed by atoms with van der Waals surface area (Å²) in [6.45, 7) is 6.53. The Labute approximate surface area is 185 Å². The zero-order chi connectivity index (χ0) is 22.1. The summed E-state index contributed by atoms with van der Waals surface area (Å²) in [5, 5.41) is 3.23.